The Hall–Kier alpha value is -1.49. The molecule has 0 aromatic heterocycles. The van der Waals surface area contributed by atoms with Gasteiger partial charge in [-0.25, -0.2) is 8.78 Å². The molecule has 0 aliphatic carbocycles. The molecule has 98 valence electrons. The van der Waals surface area contributed by atoms with Gasteiger partial charge >= 0.3 is 0 Å². The summed E-state index contributed by atoms with van der Waals surface area (Å²) >= 11 is 0. The number of likely N-dealkylation sites (N-methyl/N-ethyl adjacent to an activating group) is 1. The standard InChI is InChI=1S/C13H16F2N2O/c1-17-6-2-3-10(8-17)16-13(18)9-4-5-11(14)12(15)7-9/h4-5,7,10H,2-3,6,8H2,1H3,(H,16,18). The summed E-state index contributed by atoms with van der Waals surface area (Å²) in [7, 11) is 2.00. The Morgan fingerprint density at radius 1 is 1.39 bits per heavy atom. The van der Waals surface area contributed by atoms with Crippen LogP contribution in [0.1, 0.15) is 23.2 Å². The Balaban J connectivity index is 2.00. The van der Waals surface area contributed by atoms with Crippen molar-refractivity contribution < 1.29 is 13.6 Å². The summed E-state index contributed by atoms with van der Waals surface area (Å²) in [5, 5.41) is 2.84. The molecule has 0 bridgehead atoms. The van der Waals surface area contributed by atoms with Crippen LogP contribution in [0.15, 0.2) is 18.2 Å². The van der Waals surface area contributed by atoms with Crippen molar-refractivity contribution >= 4 is 5.91 Å². The lowest BCUT2D eigenvalue weighted by Gasteiger charge is -2.30. The number of carbonyl (C=O) groups excluding carboxylic acids is 1. The van der Waals surface area contributed by atoms with Crippen molar-refractivity contribution in [2.75, 3.05) is 20.1 Å². The zero-order valence-electron chi connectivity index (χ0n) is 10.2. The van der Waals surface area contributed by atoms with Crippen LogP contribution in [0.3, 0.4) is 0 Å². The van der Waals surface area contributed by atoms with Crippen LogP contribution in [0, 0.1) is 11.6 Å². The lowest BCUT2D eigenvalue weighted by atomic mass is 10.1. The summed E-state index contributed by atoms with van der Waals surface area (Å²) in [6.45, 7) is 1.81. The number of hydrogen-bond acceptors (Lipinski definition) is 2. The van der Waals surface area contributed by atoms with E-state index in [9.17, 15) is 13.6 Å². The fourth-order valence-corrected chi connectivity index (χ4v) is 2.19. The third-order valence-electron chi connectivity index (χ3n) is 3.14. The van der Waals surface area contributed by atoms with Gasteiger partial charge in [-0.3, -0.25) is 4.79 Å². The number of halogens is 2. The smallest absolute Gasteiger partial charge is 0.251 e. The Morgan fingerprint density at radius 2 is 2.17 bits per heavy atom. The van der Waals surface area contributed by atoms with Crippen molar-refractivity contribution in [1.29, 1.82) is 0 Å². The molecular formula is C13H16F2N2O. The minimum atomic E-state index is -0.997. The van der Waals surface area contributed by atoms with Crippen molar-refractivity contribution in [1.82, 2.24) is 10.2 Å². The first-order chi connectivity index (χ1) is 8.56. The van der Waals surface area contributed by atoms with Gasteiger partial charge in [0.05, 0.1) is 0 Å². The largest absolute Gasteiger partial charge is 0.348 e. The van der Waals surface area contributed by atoms with Crippen LogP contribution >= 0.6 is 0 Å². The molecule has 3 nitrogen and oxygen atoms in total. The van der Waals surface area contributed by atoms with Gasteiger partial charge in [-0.1, -0.05) is 0 Å². The Kier molecular flexibility index (Phi) is 3.91. The van der Waals surface area contributed by atoms with Gasteiger partial charge in [0, 0.05) is 18.2 Å². The maximum Gasteiger partial charge on any atom is 0.251 e. The van der Waals surface area contributed by atoms with E-state index in [-0.39, 0.29) is 17.5 Å². The molecule has 0 saturated carbocycles. The molecule has 5 heteroatoms. The van der Waals surface area contributed by atoms with E-state index in [0.29, 0.717) is 0 Å². The van der Waals surface area contributed by atoms with Crippen LogP contribution in [0.4, 0.5) is 8.78 Å². The molecule has 1 fully saturated rings. The SMILES string of the molecule is CN1CCCC(NC(=O)c2ccc(F)c(F)c2)C1. The maximum atomic E-state index is 13.0. The summed E-state index contributed by atoms with van der Waals surface area (Å²) in [6.07, 6.45) is 1.94. The predicted octanol–water partition coefficient (Wildman–Crippen LogP) is 1.79. The predicted molar refractivity (Wildman–Crippen MR) is 64.3 cm³/mol. The molecule has 0 spiro atoms. The lowest BCUT2D eigenvalue weighted by Crippen LogP contribution is -2.46. The first-order valence-electron chi connectivity index (χ1n) is 6.00. The molecule has 0 radical (unpaired) electrons. The van der Waals surface area contributed by atoms with Gasteiger partial charge in [-0.15, -0.1) is 0 Å². The molecule has 18 heavy (non-hydrogen) atoms. The molecule has 1 aromatic rings. The second-order valence-corrected chi connectivity index (χ2v) is 4.70. The number of carbonyl (C=O) groups is 1. The molecule has 1 aromatic carbocycles. The molecule has 1 amide bonds. The van der Waals surface area contributed by atoms with Gasteiger partial charge in [-0.05, 0) is 44.6 Å². The number of likely N-dealkylation sites (tertiary alicyclic amines) is 1. The average Bonchev–Trinajstić information content (AvgIpc) is 2.32. The monoisotopic (exact) mass is 254 g/mol. The van der Waals surface area contributed by atoms with Crippen LogP contribution in [0.25, 0.3) is 0 Å². The van der Waals surface area contributed by atoms with Crippen molar-refractivity contribution in [3.05, 3.63) is 35.4 Å². The number of rotatable bonds is 2. The van der Waals surface area contributed by atoms with E-state index in [1.165, 1.54) is 6.07 Å². The Bertz CT molecular complexity index is 451. The number of nitrogens with one attached hydrogen (secondary N) is 1. The molecule has 2 rings (SSSR count). The molecule has 1 aliphatic rings. The van der Waals surface area contributed by atoms with Crippen molar-refractivity contribution in [2.45, 2.75) is 18.9 Å². The summed E-state index contributed by atoms with van der Waals surface area (Å²) in [5.74, 6) is -2.29. The van der Waals surface area contributed by atoms with Gasteiger partial charge in [0.25, 0.3) is 5.91 Å². The first-order valence-corrected chi connectivity index (χ1v) is 6.00. The lowest BCUT2D eigenvalue weighted by molar-refractivity contribution is 0.0912. The van der Waals surface area contributed by atoms with E-state index in [0.717, 1.165) is 38.1 Å². The van der Waals surface area contributed by atoms with Gasteiger partial charge in [0.1, 0.15) is 0 Å². The highest BCUT2D eigenvalue weighted by Crippen LogP contribution is 2.11. The van der Waals surface area contributed by atoms with Crippen LogP contribution in [0.2, 0.25) is 0 Å². The number of benzene rings is 1. The van der Waals surface area contributed by atoms with E-state index in [1.54, 1.807) is 0 Å². The summed E-state index contributed by atoms with van der Waals surface area (Å²) in [6, 6.07) is 3.26. The Morgan fingerprint density at radius 3 is 2.83 bits per heavy atom. The van der Waals surface area contributed by atoms with E-state index < -0.39 is 11.6 Å². The van der Waals surface area contributed by atoms with Crippen LogP contribution in [-0.4, -0.2) is 37.0 Å². The second-order valence-electron chi connectivity index (χ2n) is 4.70. The zero-order valence-corrected chi connectivity index (χ0v) is 10.2. The fraction of sp³-hybridized carbons (Fsp3) is 0.462. The number of nitrogens with zero attached hydrogens (tertiary/aromatic N) is 1. The highest BCUT2D eigenvalue weighted by atomic mass is 19.2. The maximum absolute atomic E-state index is 13.0. The van der Waals surface area contributed by atoms with Gasteiger partial charge in [-0.2, -0.15) is 0 Å². The minimum absolute atomic E-state index is 0.0735. The van der Waals surface area contributed by atoms with Gasteiger partial charge in [0.15, 0.2) is 11.6 Å². The molecule has 1 aliphatic heterocycles. The fourth-order valence-electron chi connectivity index (χ4n) is 2.19. The first kappa shape index (κ1) is 13.0. The van der Waals surface area contributed by atoms with Crippen LogP contribution in [0.5, 0.6) is 0 Å². The highest BCUT2D eigenvalue weighted by Gasteiger charge is 2.20. The summed E-state index contributed by atoms with van der Waals surface area (Å²) < 4.78 is 25.8. The second kappa shape index (κ2) is 5.44. The Labute approximate surface area is 105 Å². The van der Waals surface area contributed by atoms with Crippen molar-refractivity contribution in [3.8, 4) is 0 Å². The molecular weight excluding hydrogens is 238 g/mol. The third-order valence-corrected chi connectivity index (χ3v) is 3.14. The van der Waals surface area contributed by atoms with E-state index >= 15 is 0 Å². The third kappa shape index (κ3) is 3.04. The summed E-state index contributed by atoms with van der Waals surface area (Å²) in [5.41, 5.74) is 0.155. The van der Waals surface area contributed by atoms with Crippen molar-refractivity contribution in [3.63, 3.8) is 0 Å². The summed E-state index contributed by atoms with van der Waals surface area (Å²) in [4.78, 5) is 14.0. The molecule has 1 saturated heterocycles. The normalized spacial score (nSPS) is 20.7. The quantitative estimate of drug-likeness (QED) is 0.872. The number of amides is 1. The molecule has 1 atom stereocenters. The molecule has 1 heterocycles. The minimum Gasteiger partial charge on any atom is -0.348 e. The number of hydrogen-bond donors (Lipinski definition) is 1. The van der Waals surface area contributed by atoms with E-state index in [2.05, 4.69) is 10.2 Å². The highest BCUT2D eigenvalue weighted by molar-refractivity contribution is 5.94. The van der Waals surface area contributed by atoms with Crippen LogP contribution < -0.4 is 5.32 Å². The average molecular weight is 254 g/mol. The molecule has 1 unspecified atom stereocenters. The van der Waals surface area contributed by atoms with E-state index in [4.69, 9.17) is 0 Å². The van der Waals surface area contributed by atoms with E-state index in [1.807, 2.05) is 7.05 Å². The topological polar surface area (TPSA) is 32.3 Å². The van der Waals surface area contributed by atoms with Gasteiger partial charge in [0.2, 0.25) is 0 Å². The van der Waals surface area contributed by atoms with Gasteiger partial charge < -0.3 is 10.2 Å². The van der Waals surface area contributed by atoms with Crippen molar-refractivity contribution in [2.24, 2.45) is 0 Å². The zero-order chi connectivity index (χ0) is 13.1. The van der Waals surface area contributed by atoms with Crippen LogP contribution in [-0.2, 0) is 0 Å². The molecule has 1 N–H and O–H groups in total. The number of piperidine rings is 1.